The summed E-state index contributed by atoms with van der Waals surface area (Å²) < 4.78 is 3.42. The summed E-state index contributed by atoms with van der Waals surface area (Å²) in [5.41, 5.74) is 4.82. The van der Waals surface area contributed by atoms with E-state index in [1.54, 1.807) is 39.6 Å². The van der Waals surface area contributed by atoms with Gasteiger partial charge in [0.2, 0.25) is 11.3 Å². The monoisotopic (exact) mass is 611 g/mol. The number of carbonyl (C=O) groups is 4. The lowest BCUT2D eigenvalue weighted by Gasteiger charge is -2.49. The zero-order valence-electron chi connectivity index (χ0n) is 22.0. The molecule has 5 heterocycles. The zero-order chi connectivity index (χ0) is 30.3. The average Bonchev–Trinajstić information content (AvgIpc) is 3.54. The molecule has 2 aliphatic rings. The molecule has 0 aromatic carbocycles. The van der Waals surface area contributed by atoms with Crippen LogP contribution in [-0.2, 0) is 30.6 Å². The number of nitrogen functional groups attached to an aromatic ring is 1. The second-order valence-electron chi connectivity index (χ2n) is 9.72. The molecule has 0 spiro atoms. The maximum absolute atomic E-state index is 13.3. The van der Waals surface area contributed by atoms with E-state index in [2.05, 4.69) is 21.5 Å². The Labute approximate surface area is 245 Å². The van der Waals surface area contributed by atoms with Crippen LogP contribution in [0.15, 0.2) is 52.4 Å². The molecular weight excluding hydrogens is 588 g/mol. The Morgan fingerprint density at radius 2 is 2.12 bits per heavy atom. The number of nitrogens with zero attached hydrogens (tertiary/aromatic N) is 6. The molecule has 1 fully saturated rings. The van der Waals surface area contributed by atoms with E-state index in [4.69, 9.17) is 10.6 Å². The van der Waals surface area contributed by atoms with Gasteiger partial charge in [0.25, 0.3) is 17.5 Å². The number of β-lactam (4-membered cyclic amide) rings is 1. The number of nitriles is 1. The summed E-state index contributed by atoms with van der Waals surface area (Å²) in [4.78, 5) is 60.5. The number of aromatic nitrogens is 3. The topological polar surface area (TPSA) is 217 Å². The molecule has 0 unspecified atom stereocenters. The molecular formula is C25H23N8O7S2+. The van der Waals surface area contributed by atoms with Crippen molar-refractivity contribution in [3.05, 3.63) is 58.6 Å². The minimum absolute atomic E-state index is 0.0121. The second kappa shape index (κ2) is 10.8. The molecule has 216 valence electrons. The van der Waals surface area contributed by atoms with Crippen LogP contribution in [0, 0.1) is 11.3 Å². The Hall–Kier alpha value is -4.95. The van der Waals surface area contributed by atoms with Gasteiger partial charge in [-0.15, -0.1) is 23.1 Å². The van der Waals surface area contributed by atoms with Gasteiger partial charge >= 0.3 is 11.9 Å². The molecule has 2 atom stereocenters. The lowest BCUT2D eigenvalue weighted by Crippen LogP contribution is -2.71. The van der Waals surface area contributed by atoms with Crippen LogP contribution in [0.25, 0.3) is 5.65 Å². The first-order valence-electron chi connectivity index (χ1n) is 12.2. The lowest BCUT2D eigenvalue weighted by atomic mass is 10.0. The van der Waals surface area contributed by atoms with Gasteiger partial charge in [0.15, 0.2) is 10.8 Å². The first-order valence-corrected chi connectivity index (χ1v) is 14.2. The highest BCUT2D eigenvalue weighted by atomic mass is 32.2. The summed E-state index contributed by atoms with van der Waals surface area (Å²) in [5, 5.41) is 36.0. The number of amides is 2. The SMILES string of the molecule is CC(C)(O/N=C(\C(=O)N[C@@H]1C(=O)N2C(C(=O)O)=C(C[n+]3cc(C#N)n4ccccc43)CS[C@H]12)c1csc(N)n1)C(=O)O. The van der Waals surface area contributed by atoms with Crippen molar-refractivity contribution in [1.29, 1.82) is 5.26 Å². The molecule has 17 heteroatoms. The van der Waals surface area contributed by atoms with Crippen molar-refractivity contribution < 1.29 is 38.8 Å². The minimum Gasteiger partial charge on any atom is -0.478 e. The number of carboxylic acid groups (broad SMARTS) is 2. The van der Waals surface area contributed by atoms with E-state index in [0.29, 0.717) is 16.9 Å². The fourth-order valence-electron chi connectivity index (χ4n) is 4.38. The van der Waals surface area contributed by atoms with Gasteiger partial charge in [0.1, 0.15) is 41.6 Å². The molecule has 0 radical (unpaired) electrons. The largest absolute Gasteiger partial charge is 0.478 e. The van der Waals surface area contributed by atoms with Crippen molar-refractivity contribution in [3.8, 4) is 6.07 Å². The van der Waals surface area contributed by atoms with E-state index >= 15 is 0 Å². The van der Waals surface area contributed by atoms with Gasteiger partial charge in [-0.3, -0.25) is 14.5 Å². The predicted molar refractivity (Wildman–Crippen MR) is 148 cm³/mol. The molecule has 5 rings (SSSR count). The summed E-state index contributed by atoms with van der Waals surface area (Å²) in [5.74, 6) is -3.93. The number of pyridine rings is 1. The molecule has 42 heavy (non-hydrogen) atoms. The Morgan fingerprint density at radius 1 is 1.36 bits per heavy atom. The normalized spacial score (nSPS) is 18.7. The maximum Gasteiger partial charge on any atom is 0.352 e. The third-order valence-corrected chi connectivity index (χ3v) is 8.56. The summed E-state index contributed by atoms with van der Waals surface area (Å²) >= 11 is 2.29. The van der Waals surface area contributed by atoms with Crippen LogP contribution >= 0.6 is 23.1 Å². The van der Waals surface area contributed by atoms with Gasteiger partial charge in [0, 0.05) is 22.8 Å². The molecule has 2 amide bonds. The number of thioether (sulfide) groups is 1. The summed E-state index contributed by atoms with van der Waals surface area (Å²) in [6.07, 6.45) is 3.33. The van der Waals surface area contributed by atoms with Gasteiger partial charge in [-0.1, -0.05) is 11.2 Å². The molecule has 2 aliphatic heterocycles. The number of fused-ring (bicyclic) bond motifs is 2. The van der Waals surface area contributed by atoms with Crippen molar-refractivity contribution in [2.24, 2.45) is 5.16 Å². The zero-order valence-corrected chi connectivity index (χ0v) is 23.7. The average molecular weight is 612 g/mol. The summed E-state index contributed by atoms with van der Waals surface area (Å²) in [7, 11) is 0. The van der Waals surface area contributed by atoms with Gasteiger partial charge in [-0.25, -0.2) is 19.1 Å². The number of nitrogens with one attached hydrogen (secondary N) is 1. The second-order valence-corrected chi connectivity index (χ2v) is 11.7. The highest BCUT2D eigenvalue weighted by molar-refractivity contribution is 8.00. The Morgan fingerprint density at radius 3 is 2.76 bits per heavy atom. The highest BCUT2D eigenvalue weighted by Gasteiger charge is 2.54. The number of oxime groups is 1. The molecule has 5 N–H and O–H groups in total. The fraction of sp³-hybridized carbons (Fsp3) is 0.280. The van der Waals surface area contributed by atoms with E-state index in [1.165, 1.54) is 31.0 Å². The summed E-state index contributed by atoms with van der Waals surface area (Å²) in [6, 6.07) is 6.36. The van der Waals surface area contributed by atoms with E-state index in [0.717, 1.165) is 16.2 Å². The first kappa shape index (κ1) is 28.6. The first-order chi connectivity index (χ1) is 19.9. The van der Waals surface area contributed by atoms with Crippen molar-refractivity contribution in [3.63, 3.8) is 0 Å². The fourth-order valence-corrected chi connectivity index (χ4v) is 6.26. The van der Waals surface area contributed by atoms with Crippen molar-refractivity contribution in [2.45, 2.75) is 37.4 Å². The Bertz CT molecular complexity index is 1750. The van der Waals surface area contributed by atoms with Crippen LogP contribution in [0.1, 0.15) is 25.2 Å². The van der Waals surface area contributed by atoms with Gasteiger partial charge in [-0.2, -0.15) is 9.66 Å². The molecule has 0 aliphatic carbocycles. The van der Waals surface area contributed by atoms with Gasteiger partial charge < -0.3 is 26.1 Å². The number of rotatable bonds is 9. The Balaban J connectivity index is 1.39. The van der Waals surface area contributed by atoms with Crippen LogP contribution in [0.2, 0.25) is 0 Å². The van der Waals surface area contributed by atoms with Crippen molar-refractivity contribution in [2.75, 3.05) is 11.5 Å². The molecule has 3 aromatic heterocycles. The lowest BCUT2D eigenvalue weighted by molar-refractivity contribution is -0.662. The smallest absolute Gasteiger partial charge is 0.352 e. The number of aliphatic carboxylic acids is 2. The van der Waals surface area contributed by atoms with Crippen molar-refractivity contribution >= 4 is 63.3 Å². The van der Waals surface area contributed by atoms with Crippen LogP contribution in [-0.4, -0.2) is 76.7 Å². The number of carboxylic acids is 2. The van der Waals surface area contributed by atoms with Crippen LogP contribution in [0.3, 0.4) is 0 Å². The number of imidazole rings is 1. The van der Waals surface area contributed by atoms with Gasteiger partial charge in [-0.05, 0) is 19.9 Å². The van der Waals surface area contributed by atoms with E-state index in [1.807, 2.05) is 0 Å². The van der Waals surface area contributed by atoms with Crippen LogP contribution < -0.4 is 15.6 Å². The van der Waals surface area contributed by atoms with Crippen LogP contribution in [0.5, 0.6) is 0 Å². The van der Waals surface area contributed by atoms with Crippen LogP contribution in [0.4, 0.5) is 5.13 Å². The van der Waals surface area contributed by atoms with Crippen molar-refractivity contribution in [1.82, 2.24) is 19.6 Å². The number of hydrogen-bond donors (Lipinski definition) is 4. The predicted octanol–water partition coefficient (Wildman–Crippen LogP) is 0.160. The summed E-state index contributed by atoms with van der Waals surface area (Å²) in [6.45, 7) is 2.60. The molecule has 0 saturated carbocycles. The Kier molecular flexibility index (Phi) is 7.34. The molecule has 1 saturated heterocycles. The molecule has 15 nitrogen and oxygen atoms in total. The quantitative estimate of drug-likeness (QED) is 0.111. The van der Waals surface area contributed by atoms with E-state index < -0.39 is 46.5 Å². The number of anilines is 1. The maximum atomic E-state index is 13.3. The van der Waals surface area contributed by atoms with E-state index in [-0.39, 0.29) is 28.8 Å². The van der Waals surface area contributed by atoms with E-state index in [9.17, 15) is 34.7 Å². The number of hydrogen-bond acceptors (Lipinski definition) is 11. The number of nitrogens with two attached hydrogens (primary N) is 1. The third-order valence-electron chi connectivity index (χ3n) is 6.54. The number of thiazole rings is 1. The molecule has 3 aromatic rings. The number of carbonyl (C=O) groups excluding carboxylic acids is 2. The minimum atomic E-state index is -1.77. The van der Waals surface area contributed by atoms with Gasteiger partial charge in [0.05, 0.1) is 6.20 Å². The molecule has 0 bridgehead atoms. The third kappa shape index (κ3) is 5.01. The standard InChI is InChI=1S/C25H22N8O7S2/c1-25(2,23(38)39)40-30-16(14-11-42-24(27)28-14)19(34)29-17-20(35)33-18(22(36)37)12(10-41-21(17)33)8-31-9-13(7-26)32-6-4-3-5-15(31)32/h3-6,9,11,17,21H,8,10H2,1-2H3,(H4-,27,28,29,34,36,37,38,39)/p+1/b30-16-/t17-,21-/m1/s1. The highest BCUT2D eigenvalue weighted by Crippen LogP contribution is 2.40.